The summed E-state index contributed by atoms with van der Waals surface area (Å²) in [4.78, 5) is 12.1. The van der Waals surface area contributed by atoms with E-state index in [2.05, 4.69) is 5.10 Å². The van der Waals surface area contributed by atoms with Crippen LogP contribution in [0.3, 0.4) is 0 Å². The average molecular weight is 232 g/mol. The largest absolute Gasteiger partial charge is 0.350 e. The van der Waals surface area contributed by atoms with Gasteiger partial charge in [-0.2, -0.15) is 0 Å². The van der Waals surface area contributed by atoms with Crippen molar-refractivity contribution in [2.75, 3.05) is 6.54 Å². The molecule has 0 unspecified atom stereocenters. The molecule has 0 aromatic carbocycles. The maximum atomic E-state index is 12.1. The van der Waals surface area contributed by atoms with Gasteiger partial charge in [-0.15, -0.1) is 5.10 Å². The molecule has 5 heteroatoms. The fourth-order valence-corrected chi connectivity index (χ4v) is 2.36. The van der Waals surface area contributed by atoms with Crippen LogP contribution in [0, 0.1) is 5.41 Å². The summed E-state index contributed by atoms with van der Waals surface area (Å²) in [5.74, 6) is 0. The quantitative estimate of drug-likeness (QED) is 0.840. The van der Waals surface area contributed by atoms with Crippen molar-refractivity contribution in [2.24, 2.45) is 11.1 Å². The Bertz CT molecular complexity index is 594. The second-order valence-corrected chi connectivity index (χ2v) is 4.91. The van der Waals surface area contributed by atoms with Crippen LogP contribution in [0.25, 0.3) is 5.65 Å². The Balaban J connectivity index is 1.96. The van der Waals surface area contributed by atoms with E-state index in [9.17, 15) is 4.79 Å². The zero-order chi connectivity index (χ0) is 11.9. The molecule has 1 fully saturated rings. The smallest absolute Gasteiger partial charge is 0.330 e. The summed E-state index contributed by atoms with van der Waals surface area (Å²) in [6.07, 6.45) is 5.05. The van der Waals surface area contributed by atoms with Gasteiger partial charge < -0.3 is 5.73 Å². The molecule has 17 heavy (non-hydrogen) atoms. The van der Waals surface area contributed by atoms with Crippen LogP contribution in [0.2, 0.25) is 0 Å². The minimum absolute atomic E-state index is 0.0519. The molecule has 0 aliphatic heterocycles. The fraction of sp³-hybridized carbons (Fsp3) is 0.500. The molecule has 3 rings (SSSR count). The van der Waals surface area contributed by atoms with Gasteiger partial charge in [-0.3, -0.25) is 4.40 Å². The van der Waals surface area contributed by atoms with E-state index < -0.39 is 0 Å². The van der Waals surface area contributed by atoms with Gasteiger partial charge in [0.15, 0.2) is 5.65 Å². The van der Waals surface area contributed by atoms with Gasteiger partial charge in [-0.25, -0.2) is 9.48 Å². The van der Waals surface area contributed by atoms with Crippen LogP contribution in [-0.2, 0) is 6.54 Å². The molecule has 2 heterocycles. The molecule has 2 aromatic rings. The van der Waals surface area contributed by atoms with E-state index in [0.29, 0.717) is 18.7 Å². The van der Waals surface area contributed by atoms with Gasteiger partial charge in [0.1, 0.15) is 0 Å². The van der Waals surface area contributed by atoms with E-state index in [-0.39, 0.29) is 11.1 Å². The third kappa shape index (κ3) is 1.76. The summed E-state index contributed by atoms with van der Waals surface area (Å²) in [5, 5.41) is 4.35. The van der Waals surface area contributed by atoms with Gasteiger partial charge in [0.25, 0.3) is 0 Å². The summed E-state index contributed by atoms with van der Waals surface area (Å²) in [6, 6.07) is 5.58. The Morgan fingerprint density at radius 3 is 2.88 bits per heavy atom. The zero-order valence-corrected chi connectivity index (χ0v) is 9.67. The Morgan fingerprint density at radius 1 is 1.41 bits per heavy atom. The average Bonchev–Trinajstić information content (AvgIpc) is 3.01. The van der Waals surface area contributed by atoms with Crippen LogP contribution < -0.4 is 11.4 Å². The number of rotatable bonds is 4. The first-order valence-electron chi connectivity index (χ1n) is 5.98. The van der Waals surface area contributed by atoms with Crippen LogP contribution in [-0.4, -0.2) is 20.7 Å². The van der Waals surface area contributed by atoms with Gasteiger partial charge >= 0.3 is 5.69 Å². The lowest BCUT2D eigenvalue weighted by Gasteiger charge is -2.12. The zero-order valence-electron chi connectivity index (χ0n) is 9.67. The van der Waals surface area contributed by atoms with Gasteiger partial charge in [-0.1, -0.05) is 6.07 Å². The Morgan fingerprint density at radius 2 is 2.24 bits per heavy atom. The maximum Gasteiger partial charge on any atom is 0.350 e. The number of nitrogens with zero attached hydrogens (tertiary/aromatic N) is 3. The number of nitrogens with two attached hydrogens (primary N) is 1. The summed E-state index contributed by atoms with van der Waals surface area (Å²) in [5.41, 5.74) is 6.50. The van der Waals surface area contributed by atoms with Gasteiger partial charge in [0.05, 0.1) is 6.54 Å². The number of hydrogen-bond acceptors (Lipinski definition) is 3. The van der Waals surface area contributed by atoms with Crippen LogP contribution in [0.4, 0.5) is 0 Å². The summed E-state index contributed by atoms with van der Waals surface area (Å²) in [7, 11) is 0. The molecule has 1 aliphatic rings. The van der Waals surface area contributed by atoms with Crippen molar-refractivity contribution in [1.82, 2.24) is 14.2 Å². The van der Waals surface area contributed by atoms with Gasteiger partial charge in [0.2, 0.25) is 0 Å². The highest BCUT2D eigenvalue weighted by Gasteiger charge is 2.42. The standard InChI is InChI=1S/C12H16N4O/c13-7-6-12(4-5-12)9-16-11(17)15-8-2-1-3-10(15)14-16/h1-3,8H,4-7,9,13H2. The molecule has 1 saturated carbocycles. The minimum Gasteiger partial charge on any atom is -0.330 e. The Hall–Kier alpha value is -1.62. The maximum absolute atomic E-state index is 12.1. The molecular weight excluding hydrogens is 216 g/mol. The van der Waals surface area contributed by atoms with Crippen molar-refractivity contribution in [1.29, 1.82) is 0 Å². The van der Waals surface area contributed by atoms with Crippen LogP contribution in [0.5, 0.6) is 0 Å². The highest BCUT2D eigenvalue weighted by Crippen LogP contribution is 2.49. The third-order valence-electron chi connectivity index (χ3n) is 3.61. The highest BCUT2D eigenvalue weighted by atomic mass is 16.2. The van der Waals surface area contributed by atoms with E-state index in [1.807, 2.05) is 18.2 Å². The first-order valence-corrected chi connectivity index (χ1v) is 5.98. The minimum atomic E-state index is -0.0519. The first-order chi connectivity index (χ1) is 8.24. The lowest BCUT2D eigenvalue weighted by atomic mass is 10.0. The second kappa shape index (κ2) is 3.70. The normalized spacial score (nSPS) is 17.5. The first kappa shape index (κ1) is 10.5. The molecule has 0 atom stereocenters. The van der Waals surface area contributed by atoms with Crippen molar-refractivity contribution >= 4 is 5.65 Å². The molecule has 90 valence electrons. The van der Waals surface area contributed by atoms with Crippen molar-refractivity contribution in [2.45, 2.75) is 25.8 Å². The molecular formula is C12H16N4O. The lowest BCUT2D eigenvalue weighted by molar-refractivity contribution is 0.369. The van der Waals surface area contributed by atoms with Gasteiger partial charge in [-0.05, 0) is 43.4 Å². The predicted octanol–water partition coefficient (Wildman–Crippen LogP) is 0.625. The van der Waals surface area contributed by atoms with Gasteiger partial charge in [0, 0.05) is 6.20 Å². The number of pyridine rings is 1. The topological polar surface area (TPSA) is 65.3 Å². The number of aromatic nitrogens is 3. The van der Waals surface area contributed by atoms with E-state index in [1.165, 1.54) is 0 Å². The van der Waals surface area contributed by atoms with Crippen LogP contribution in [0.15, 0.2) is 29.2 Å². The molecule has 0 saturated heterocycles. The molecule has 0 amide bonds. The summed E-state index contributed by atoms with van der Waals surface area (Å²) < 4.78 is 3.16. The van der Waals surface area contributed by atoms with E-state index in [1.54, 1.807) is 15.3 Å². The SMILES string of the molecule is NCCC1(Cn2nc3ccccn3c2=O)CC1. The van der Waals surface area contributed by atoms with E-state index in [4.69, 9.17) is 5.73 Å². The number of hydrogen-bond donors (Lipinski definition) is 1. The second-order valence-electron chi connectivity index (χ2n) is 4.91. The van der Waals surface area contributed by atoms with Crippen molar-refractivity contribution < 1.29 is 0 Å². The number of fused-ring (bicyclic) bond motifs is 1. The van der Waals surface area contributed by atoms with E-state index in [0.717, 1.165) is 19.3 Å². The van der Waals surface area contributed by atoms with Crippen LogP contribution >= 0.6 is 0 Å². The van der Waals surface area contributed by atoms with Crippen molar-refractivity contribution in [3.05, 3.63) is 34.9 Å². The summed E-state index contributed by atoms with van der Waals surface area (Å²) in [6.45, 7) is 1.38. The highest BCUT2D eigenvalue weighted by molar-refractivity contribution is 5.35. The van der Waals surface area contributed by atoms with Crippen molar-refractivity contribution in [3.63, 3.8) is 0 Å². The fourth-order valence-electron chi connectivity index (χ4n) is 2.36. The molecule has 5 nitrogen and oxygen atoms in total. The third-order valence-corrected chi connectivity index (χ3v) is 3.61. The molecule has 2 N–H and O–H groups in total. The Kier molecular flexibility index (Phi) is 2.29. The van der Waals surface area contributed by atoms with E-state index >= 15 is 0 Å². The molecule has 0 spiro atoms. The van der Waals surface area contributed by atoms with Crippen molar-refractivity contribution in [3.8, 4) is 0 Å². The predicted molar refractivity (Wildman–Crippen MR) is 64.8 cm³/mol. The molecule has 1 aliphatic carbocycles. The molecule has 2 aromatic heterocycles. The molecule has 0 bridgehead atoms. The lowest BCUT2D eigenvalue weighted by Crippen LogP contribution is -2.26. The van der Waals surface area contributed by atoms with Crippen LogP contribution in [0.1, 0.15) is 19.3 Å². The summed E-state index contributed by atoms with van der Waals surface area (Å²) >= 11 is 0. The monoisotopic (exact) mass is 232 g/mol. The Labute approximate surface area is 98.9 Å². The molecule has 0 radical (unpaired) electrons.